The molecule has 0 saturated heterocycles. The van der Waals surface area contributed by atoms with E-state index >= 15 is 0 Å². The third kappa shape index (κ3) is 4.54. The van der Waals surface area contributed by atoms with E-state index in [2.05, 4.69) is 0 Å². The van der Waals surface area contributed by atoms with Gasteiger partial charge in [0.15, 0.2) is 0 Å². The Kier molecular flexibility index (Phi) is 3.06. The molecular formula is C2H7N2Zn. The molecule has 0 aliphatic carbocycles. The zero-order valence-electron chi connectivity index (χ0n) is 3.15. The first-order valence-electron chi connectivity index (χ1n) is 1.56. The van der Waals surface area contributed by atoms with Crippen molar-refractivity contribution in [3.05, 3.63) is 0 Å². The predicted molar refractivity (Wildman–Crippen MR) is 17.0 cm³/mol. The fraction of sp³-hybridized carbons (Fsp3) is 1.00. The van der Waals surface area contributed by atoms with E-state index in [0.717, 1.165) is 18.3 Å². The van der Waals surface area contributed by atoms with Crippen LogP contribution >= 0.6 is 0 Å². The minimum absolute atomic E-state index is 0.287. The molecule has 0 aliphatic rings. The van der Waals surface area contributed by atoms with Crippen LogP contribution in [-0.4, -0.2) is 11.2 Å². The molecular weight excluding hydrogens is 117 g/mol. The molecule has 0 aliphatic heterocycles. The SMILES string of the molecule is NC[CH](N)[Zn]. The molecule has 27 valence electrons. The Labute approximate surface area is 41.6 Å². The fourth-order valence-corrected chi connectivity index (χ4v) is 0. The van der Waals surface area contributed by atoms with Crippen LogP contribution in [0.5, 0.6) is 0 Å². The molecule has 4 N–H and O–H groups in total. The van der Waals surface area contributed by atoms with Gasteiger partial charge in [-0.25, -0.2) is 0 Å². The Hall–Kier alpha value is 0.543. The van der Waals surface area contributed by atoms with E-state index in [-0.39, 0.29) is 4.64 Å². The van der Waals surface area contributed by atoms with Gasteiger partial charge in [0.2, 0.25) is 0 Å². The van der Waals surface area contributed by atoms with Gasteiger partial charge < -0.3 is 0 Å². The maximum absolute atomic E-state index is 5.22. The molecule has 0 saturated carbocycles. The standard InChI is InChI=1S/C2H7N2.Zn/c3-1-2-4;/h1H,2-4H2;. The van der Waals surface area contributed by atoms with Crippen molar-refractivity contribution in [1.29, 1.82) is 0 Å². The van der Waals surface area contributed by atoms with E-state index in [0.29, 0.717) is 6.54 Å². The molecule has 3 heteroatoms. The Balaban J connectivity index is 2.54. The normalized spacial score (nSPS) is 15.2. The average Bonchev–Trinajstić information content (AvgIpc) is 1.38. The molecule has 0 rings (SSSR count). The predicted octanol–water partition coefficient (Wildman–Crippen LogP) is -1.22. The molecule has 0 aromatic heterocycles. The molecule has 1 atom stereocenters. The zero-order chi connectivity index (χ0) is 4.28. The van der Waals surface area contributed by atoms with E-state index in [1.807, 2.05) is 0 Å². The molecule has 0 aromatic rings. The molecule has 0 bridgehead atoms. The van der Waals surface area contributed by atoms with E-state index in [1.54, 1.807) is 0 Å². The average molecular weight is 124 g/mol. The Bertz CT molecular complexity index is 21.6. The van der Waals surface area contributed by atoms with Crippen LogP contribution < -0.4 is 11.5 Å². The first-order valence-corrected chi connectivity index (χ1v) is 3.27. The Morgan fingerprint density at radius 1 is 1.80 bits per heavy atom. The van der Waals surface area contributed by atoms with E-state index in [1.165, 1.54) is 0 Å². The third-order valence-electron chi connectivity index (χ3n) is 0.303. The summed E-state index contributed by atoms with van der Waals surface area (Å²) in [5, 5.41) is 0. The van der Waals surface area contributed by atoms with Crippen LogP contribution in [0.25, 0.3) is 0 Å². The van der Waals surface area contributed by atoms with Gasteiger partial charge in [0, 0.05) is 0 Å². The number of hydrogen-bond donors (Lipinski definition) is 2. The van der Waals surface area contributed by atoms with E-state index in [9.17, 15) is 0 Å². The summed E-state index contributed by atoms with van der Waals surface area (Å²) in [6, 6.07) is 0. The number of nitrogens with two attached hydrogens (primary N) is 2. The summed E-state index contributed by atoms with van der Waals surface area (Å²) in [5.41, 5.74) is 10.3. The first kappa shape index (κ1) is 5.54. The van der Waals surface area contributed by atoms with Gasteiger partial charge in [0.1, 0.15) is 0 Å². The molecule has 0 aromatic carbocycles. The topological polar surface area (TPSA) is 52.0 Å². The van der Waals surface area contributed by atoms with Crippen molar-refractivity contribution in [3.63, 3.8) is 0 Å². The van der Waals surface area contributed by atoms with E-state index < -0.39 is 0 Å². The van der Waals surface area contributed by atoms with Crippen molar-refractivity contribution in [2.45, 2.75) is 4.64 Å². The molecule has 1 unspecified atom stereocenters. The Morgan fingerprint density at radius 3 is 2.00 bits per heavy atom. The van der Waals surface area contributed by atoms with Crippen molar-refractivity contribution >= 4 is 0 Å². The number of hydrogen-bond acceptors (Lipinski definition) is 2. The molecule has 0 fully saturated rings. The summed E-state index contributed by atoms with van der Waals surface area (Å²) >= 11 is 1.11. The summed E-state index contributed by atoms with van der Waals surface area (Å²) in [6.07, 6.45) is 0. The molecule has 0 radical (unpaired) electrons. The monoisotopic (exact) mass is 123 g/mol. The van der Waals surface area contributed by atoms with Crippen molar-refractivity contribution < 1.29 is 18.3 Å². The van der Waals surface area contributed by atoms with Gasteiger partial charge in [-0.2, -0.15) is 0 Å². The zero-order valence-corrected chi connectivity index (χ0v) is 6.11. The third-order valence-corrected chi connectivity index (χ3v) is 1.00. The number of rotatable bonds is 1. The summed E-state index contributed by atoms with van der Waals surface area (Å²) in [5.74, 6) is 0. The maximum atomic E-state index is 5.22. The van der Waals surface area contributed by atoms with Gasteiger partial charge >= 0.3 is 41.0 Å². The molecule has 0 spiro atoms. The Morgan fingerprint density at radius 2 is 2.00 bits per heavy atom. The second kappa shape index (κ2) is 2.76. The van der Waals surface area contributed by atoms with Crippen LogP contribution in [0.15, 0.2) is 0 Å². The van der Waals surface area contributed by atoms with Crippen LogP contribution in [0.1, 0.15) is 0 Å². The van der Waals surface area contributed by atoms with Crippen molar-refractivity contribution in [1.82, 2.24) is 0 Å². The van der Waals surface area contributed by atoms with Gasteiger partial charge in [-0.15, -0.1) is 0 Å². The van der Waals surface area contributed by atoms with Crippen LogP contribution in [0.2, 0.25) is 0 Å². The van der Waals surface area contributed by atoms with E-state index in [4.69, 9.17) is 11.5 Å². The quantitative estimate of drug-likeness (QED) is 0.431. The summed E-state index contributed by atoms with van der Waals surface area (Å²) in [6.45, 7) is 0.639. The van der Waals surface area contributed by atoms with Crippen LogP contribution in [0.4, 0.5) is 0 Å². The summed E-state index contributed by atoms with van der Waals surface area (Å²) in [7, 11) is 0. The first-order chi connectivity index (χ1) is 2.27. The summed E-state index contributed by atoms with van der Waals surface area (Å²) < 4.78 is 0.287. The second-order valence-corrected chi connectivity index (χ2v) is 3.20. The van der Waals surface area contributed by atoms with Gasteiger partial charge in [0.25, 0.3) is 0 Å². The van der Waals surface area contributed by atoms with Gasteiger partial charge in [-0.05, 0) is 0 Å². The van der Waals surface area contributed by atoms with Gasteiger partial charge in [-0.3, -0.25) is 0 Å². The van der Waals surface area contributed by atoms with Gasteiger partial charge in [-0.1, -0.05) is 0 Å². The van der Waals surface area contributed by atoms with Crippen molar-refractivity contribution in [2.75, 3.05) is 6.54 Å². The van der Waals surface area contributed by atoms with Crippen LogP contribution in [0.3, 0.4) is 0 Å². The van der Waals surface area contributed by atoms with Gasteiger partial charge in [0.05, 0.1) is 0 Å². The fourth-order valence-electron chi connectivity index (χ4n) is 0. The van der Waals surface area contributed by atoms with Crippen molar-refractivity contribution in [3.8, 4) is 0 Å². The molecule has 0 heterocycles. The molecule has 0 amide bonds. The van der Waals surface area contributed by atoms with Crippen LogP contribution in [0, 0.1) is 0 Å². The molecule has 5 heavy (non-hydrogen) atoms. The second-order valence-electron chi connectivity index (χ2n) is 0.996. The molecule has 2 nitrogen and oxygen atoms in total. The van der Waals surface area contributed by atoms with Crippen LogP contribution in [-0.2, 0) is 18.3 Å². The van der Waals surface area contributed by atoms with Crippen molar-refractivity contribution in [2.24, 2.45) is 11.5 Å². The summed E-state index contributed by atoms with van der Waals surface area (Å²) in [4.78, 5) is 0. The minimum atomic E-state index is 0.287.